The summed E-state index contributed by atoms with van der Waals surface area (Å²) in [6.45, 7) is 2.31. The standard InChI is InChI=1S/C15H30N4/c1-3-12-8-10-14(11-9-12)19(2)15(18-16)17-13-6-4-5-7-13/h12-14H,3-11,16H2,1-2H3,(H,17,18). The second-order valence-electron chi connectivity index (χ2n) is 6.23. The molecule has 0 aliphatic heterocycles. The molecule has 0 unspecified atom stereocenters. The van der Waals surface area contributed by atoms with Gasteiger partial charge in [0.2, 0.25) is 5.96 Å². The second kappa shape index (κ2) is 7.13. The van der Waals surface area contributed by atoms with E-state index in [1.807, 2.05) is 0 Å². The van der Waals surface area contributed by atoms with Crippen LogP contribution >= 0.6 is 0 Å². The average Bonchev–Trinajstić information content (AvgIpc) is 2.97. The van der Waals surface area contributed by atoms with E-state index >= 15 is 0 Å². The van der Waals surface area contributed by atoms with Gasteiger partial charge in [-0.15, -0.1) is 0 Å². The molecule has 0 heterocycles. The summed E-state index contributed by atoms with van der Waals surface area (Å²) in [7, 11) is 2.14. The van der Waals surface area contributed by atoms with Crippen molar-refractivity contribution in [2.75, 3.05) is 7.05 Å². The molecule has 0 amide bonds. The average molecular weight is 266 g/mol. The summed E-state index contributed by atoms with van der Waals surface area (Å²) >= 11 is 0. The third kappa shape index (κ3) is 3.85. The number of nitrogens with zero attached hydrogens (tertiary/aromatic N) is 2. The van der Waals surface area contributed by atoms with Gasteiger partial charge in [-0.3, -0.25) is 5.43 Å². The summed E-state index contributed by atoms with van der Waals surface area (Å²) in [6, 6.07) is 1.10. The van der Waals surface area contributed by atoms with Gasteiger partial charge < -0.3 is 4.90 Å². The zero-order valence-electron chi connectivity index (χ0n) is 12.6. The first-order valence-electron chi connectivity index (χ1n) is 8.01. The Morgan fingerprint density at radius 2 is 1.79 bits per heavy atom. The van der Waals surface area contributed by atoms with E-state index in [0.717, 1.165) is 11.9 Å². The van der Waals surface area contributed by atoms with Crippen LogP contribution in [0.15, 0.2) is 4.99 Å². The van der Waals surface area contributed by atoms with Crippen molar-refractivity contribution < 1.29 is 0 Å². The smallest absolute Gasteiger partial charge is 0.208 e. The molecule has 2 rings (SSSR count). The van der Waals surface area contributed by atoms with E-state index in [-0.39, 0.29) is 0 Å². The summed E-state index contributed by atoms with van der Waals surface area (Å²) < 4.78 is 0. The molecule has 2 aliphatic carbocycles. The Kier molecular flexibility index (Phi) is 5.49. The van der Waals surface area contributed by atoms with Crippen LogP contribution in [-0.2, 0) is 0 Å². The Bertz CT molecular complexity index is 289. The van der Waals surface area contributed by atoms with Gasteiger partial charge in [-0.2, -0.15) is 0 Å². The summed E-state index contributed by atoms with van der Waals surface area (Å²) in [5.74, 6) is 7.52. The highest BCUT2D eigenvalue weighted by molar-refractivity contribution is 5.79. The molecule has 4 heteroatoms. The maximum absolute atomic E-state index is 5.69. The van der Waals surface area contributed by atoms with E-state index in [9.17, 15) is 0 Å². The molecule has 19 heavy (non-hydrogen) atoms. The van der Waals surface area contributed by atoms with Gasteiger partial charge in [0, 0.05) is 13.1 Å². The van der Waals surface area contributed by atoms with Gasteiger partial charge in [-0.25, -0.2) is 10.8 Å². The van der Waals surface area contributed by atoms with Crippen LogP contribution in [0.1, 0.15) is 64.7 Å². The lowest BCUT2D eigenvalue weighted by Gasteiger charge is -2.36. The molecule has 0 aromatic heterocycles. The molecule has 0 saturated heterocycles. The van der Waals surface area contributed by atoms with Gasteiger partial charge in [-0.05, 0) is 44.4 Å². The summed E-state index contributed by atoms with van der Waals surface area (Å²) in [5, 5.41) is 0. The van der Waals surface area contributed by atoms with Crippen LogP contribution in [0.2, 0.25) is 0 Å². The molecule has 0 aromatic rings. The SMILES string of the molecule is CCC1CCC(N(C)C(=NC2CCCC2)NN)CC1. The Hall–Kier alpha value is -0.770. The Morgan fingerprint density at radius 1 is 1.16 bits per heavy atom. The topological polar surface area (TPSA) is 53.6 Å². The first kappa shape index (κ1) is 14.6. The lowest BCUT2D eigenvalue weighted by molar-refractivity contribution is 0.221. The Balaban J connectivity index is 1.91. The van der Waals surface area contributed by atoms with Gasteiger partial charge in [-0.1, -0.05) is 26.2 Å². The van der Waals surface area contributed by atoms with Crippen LogP contribution < -0.4 is 11.3 Å². The second-order valence-corrected chi connectivity index (χ2v) is 6.23. The molecule has 2 fully saturated rings. The Morgan fingerprint density at radius 3 is 2.32 bits per heavy atom. The number of hydrazine groups is 1. The third-order valence-corrected chi connectivity index (χ3v) is 5.03. The molecular weight excluding hydrogens is 236 g/mol. The van der Waals surface area contributed by atoms with Crippen LogP contribution in [-0.4, -0.2) is 30.0 Å². The van der Waals surface area contributed by atoms with Crippen LogP contribution in [0.4, 0.5) is 0 Å². The number of hydrogen-bond acceptors (Lipinski definition) is 2. The molecule has 2 aliphatic rings. The lowest BCUT2D eigenvalue weighted by atomic mass is 9.84. The van der Waals surface area contributed by atoms with Gasteiger partial charge in [0.05, 0.1) is 6.04 Å². The van der Waals surface area contributed by atoms with Crippen molar-refractivity contribution in [2.24, 2.45) is 16.8 Å². The van der Waals surface area contributed by atoms with Crippen molar-refractivity contribution in [3.05, 3.63) is 0 Å². The molecule has 0 spiro atoms. The van der Waals surface area contributed by atoms with Gasteiger partial charge in [0.15, 0.2) is 0 Å². The van der Waals surface area contributed by atoms with E-state index < -0.39 is 0 Å². The normalized spacial score (nSPS) is 29.5. The lowest BCUT2D eigenvalue weighted by Crippen LogP contribution is -2.49. The number of hydrogen-bond donors (Lipinski definition) is 2. The van der Waals surface area contributed by atoms with Gasteiger partial charge >= 0.3 is 0 Å². The summed E-state index contributed by atoms with van der Waals surface area (Å²) in [4.78, 5) is 7.10. The number of aliphatic imine (C=N–C) groups is 1. The molecule has 3 N–H and O–H groups in total. The number of guanidine groups is 1. The molecule has 4 nitrogen and oxygen atoms in total. The molecule has 0 aromatic carbocycles. The first-order chi connectivity index (χ1) is 9.24. The monoisotopic (exact) mass is 266 g/mol. The van der Waals surface area contributed by atoms with E-state index in [1.165, 1.54) is 57.8 Å². The highest BCUT2D eigenvalue weighted by Crippen LogP contribution is 2.29. The molecule has 2 saturated carbocycles. The first-order valence-corrected chi connectivity index (χ1v) is 8.01. The minimum Gasteiger partial charge on any atom is -0.342 e. The van der Waals surface area contributed by atoms with Crippen molar-refractivity contribution in [1.29, 1.82) is 0 Å². The molecular formula is C15H30N4. The van der Waals surface area contributed by atoms with E-state index in [0.29, 0.717) is 12.1 Å². The maximum Gasteiger partial charge on any atom is 0.208 e. The molecule has 110 valence electrons. The van der Waals surface area contributed by atoms with E-state index in [2.05, 4.69) is 24.3 Å². The highest BCUT2D eigenvalue weighted by atomic mass is 15.4. The maximum atomic E-state index is 5.69. The summed E-state index contributed by atoms with van der Waals surface area (Å²) in [6.07, 6.45) is 11.7. The van der Waals surface area contributed by atoms with Crippen LogP contribution in [0.5, 0.6) is 0 Å². The third-order valence-electron chi connectivity index (χ3n) is 5.03. The minimum atomic E-state index is 0.487. The minimum absolute atomic E-state index is 0.487. The molecule has 0 radical (unpaired) electrons. The highest BCUT2D eigenvalue weighted by Gasteiger charge is 2.25. The predicted octanol–water partition coefficient (Wildman–Crippen LogP) is 2.65. The zero-order valence-corrected chi connectivity index (χ0v) is 12.6. The number of nitrogens with one attached hydrogen (secondary N) is 1. The van der Waals surface area contributed by atoms with Gasteiger partial charge in [0.25, 0.3) is 0 Å². The van der Waals surface area contributed by atoms with Crippen molar-refractivity contribution in [3.8, 4) is 0 Å². The van der Waals surface area contributed by atoms with Crippen molar-refractivity contribution in [1.82, 2.24) is 10.3 Å². The van der Waals surface area contributed by atoms with Crippen LogP contribution in [0.25, 0.3) is 0 Å². The van der Waals surface area contributed by atoms with Crippen LogP contribution in [0.3, 0.4) is 0 Å². The van der Waals surface area contributed by atoms with Crippen LogP contribution in [0, 0.1) is 5.92 Å². The zero-order chi connectivity index (χ0) is 13.7. The van der Waals surface area contributed by atoms with Crippen molar-refractivity contribution in [3.63, 3.8) is 0 Å². The fourth-order valence-corrected chi connectivity index (χ4v) is 3.55. The fourth-order valence-electron chi connectivity index (χ4n) is 3.55. The van der Waals surface area contributed by atoms with Gasteiger partial charge in [0.1, 0.15) is 0 Å². The molecule has 0 atom stereocenters. The van der Waals surface area contributed by atoms with E-state index in [4.69, 9.17) is 10.8 Å². The largest absolute Gasteiger partial charge is 0.342 e. The molecule has 0 bridgehead atoms. The van der Waals surface area contributed by atoms with Crippen molar-refractivity contribution >= 4 is 5.96 Å². The summed E-state index contributed by atoms with van der Waals surface area (Å²) in [5.41, 5.74) is 2.83. The number of nitrogens with two attached hydrogens (primary N) is 1. The quantitative estimate of drug-likeness (QED) is 0.357. The Labute approximate surface area is 117 Å². The predicted molar refractivity (Wildman–Crippen MR) is 80.8 cm³/mol. The van der Waals surface area contributed by atoms with Crippen molar-refractivity contribution in [2.45, 2.75) is 76.8 Å². The number of rotatable bonds is 3. The van der Waals surface area contributed by atoms with E-state index in [1.54, 1.807) is 0 Å². The fraction of sp³-hybridized carbons (Fsp3) is 0.933.